The quantitative estimate of drug-likeness (QED) is 0.436. The van der Waals surface area contributed by atoms with Crippen LogP contribution in [0.5, 0.6) is 0 Å². The van der Waals surface area contributed by atoms with Crippen LogP contribution in [0.15, 0.2) is 0 Å². The maximum absolute atomic E-state index is 9.00. The maximum atomic E-state index is 9.00. The van der Waals surface area contributed by atoms with Gasteiger partial charge in [0.05, 0.1) is 25.4 Å². The molecule has 0 aromatic carbocycles. The first kappa shape index (κ1) is 10.9. The highest BCUT2D eigenvalue weighted by atomic mass is 16.3. The summed E-state index contributed by atoms with van der Waals surface area (Å²) in [6, 6.07) is 0. The van der Waals surface area contributed by atoms with E-state index in [4.69, 9.17) is 15.3 Å². The lowest BCUT2D eigenvalue weighted by Crippen LogP contribution is -2.56. The highest BCUT2D eigenvalue weighted by Gasteiger charge is 2.29. The van der Waals surface area contributed by atoms with Gasteiger partial charge in [-0.25, -0.2) is 0 Å². The van der Waals surface area contributed by atoms with Gasteiger partial charge in [0, 0.05) is 0 Å². The molecule has 1 aliphatic rings. The second-order valence-electron chi connectivity index (χ2n) is 3.93. The predicted octanol–water partition coefficient (Wildman–Crippen LogP) is -0.908. The lowest BCUT2D eigenvalue weighted by atomic mass is 9.85. The SMILES string of the molecule is OCC(CO)(CO)NCC1CCC1. The fourth-order valence-corrected chi connectivity index (χ4v) is 1.38. The number of rotatable bonds is 6. The van der Waals surface area contributed by atoms with E-state index in [1.54, 1.807) is 0 Å². The Morgan fingerprint density at radius 3 is 1.92 bits per heavy atom. The molecule has 1 aliphatic carbocycles. The molecule has 1 fully saturated rings. The molecule has 0 aromatic rings. The summed E-state index contributed by atoms with van der Waals surface area (Å²) >= 11 is 0. The lowest BCUT2D eigenvalue weighted by Gasteiger charge is -2.33. The monoisotopic (exact) mass is 189 g/mol. The first-order valence-corrected chi connectivity index (χ1v) is 4.84. The van der Waals surface area contributed by atoms with Gasteiger partial charge in [-0.05, 0) is 25.3 Å². The third kappa shape index (κ3) is 2.64. The minimum Gasteiger partial charge on any atom is -0.394 e. The van der Waals surface area contributed by atoms with E-state index < -0.39 is 5.54 Å². The molecule has 0 heterocycles. The molecule has 4 heteroatoms. The van der Waals surface area contributed by atoms with Gasteiger partial charge in [0.1, 0.15) is 0 Å². The van der Waals surface area contributed by atoms with Crippen molar-refractivity contribution in [2.24, 2.45) is 5.92 Å². The lowest BCUT2D eigenvalue weighted by molar-refractivity contribution is 0.0370. The van der Waals surface area contributed by atoms with Gasteiger partial charge >= 0.3 is 0 Å². The zero-order valence-electron chi connectivity index (χ0n) is 7.87. The number of nitrogens with one attached hydrogen (secondary N) is 1. The third-order valence-corrected chi connectivity index (χ3v) is 2.90. The molecule has 0 unspecified atom stereocenters. The third-order valence-electron chi connectivity index (χ3n) is 2.90. The zero-order chi connectivity index (χ0) is 9.73. The van der Waals surface area contributed by atoms with Gasteiger partial charge in [0.15, 0.2) is 0 Å². The highest BCUT2D eigenvalue weighted by molar-refractivity contribution is 4.88. The van der Waals surface area contributed by atoms with Crippen molar-refractivity contribution in [3.8, 4) is 0 Å². The largest absolute Gasteiger partial charge is 0.394 e. The molecule has 0 radical (unpaired) electrons. The van der Waals surface area contributed by atoms with Crippen LogP contribution in [-0.2, 0) is 0 Å². The van der Waals surface area contributed by atoms with Crippen LogP contribution in [0.25, 0.3) is 0 Å². The second kappa shape index (κ2) is 4.91. The van der Waals surface area contributed by atoms with Crippen molar-refractivity contribution in [1.82, 2.24) is 5.32 Å². The molecule has 0 saturated heterocycles. The van der Waals surface area contributed by atoms with Crippen LogP contribution in [0.1, 0.15) is 19.3 Å². The van der Waals surface area contributed by atoms with Crippen molar-refractivity contribution in [1.29, 1.82) is 0 Å². The normalized spacial score (nSPS) is 18.7. The first-order chi connectivity index (χ1) is 6.26. The molecule has 0 aromatic heterocycles. The molecule has 0 bridgehead atoms. The van der Waals surface area contributed by atoms with E-state index in [1.807, 2.05) is 0 Å². The Labute approximate surface area is 78.6 Å². The minimum atomic E-state index is -0.893. The van der Waals surface area contributed by atoms with Crippen molar-refractivity contribution in [3.63, 3.8) is 0 Å². The van der Waals surface area contributed by atoms with Crippen LogP contribution in [-0.4, -0.2) is 47.2 Å². The number of aliphatic hydroxyl groups is 3. The summed E-state index contributed by atoms with van der Waals surface area (Å²) in [7, 11) is 0. The number of hydrogen-bond donors (Lipinski definition) is 4. The Balaban J connectivity index is 2.27. The topological polar surface area (TPSA) is 72.7 Å². The van der Waals surface area contributed by atoms with E-state index in [-0.39, 0.29) is 19.8 Å². The van der Waals surface area contributed by atoms with Crippen molar-refractivity contribution < 1.29 is 15.3 Å². The highest BCUT2D eigenvalue weighted by Crippen LogP contribution is 2.25. The molecule has 78 valence electrons. The molecular formula is C9H19NO3. The first-order valence-electron chi connectivity index (χ1n) is 4.84. The van der Waals surface area contributed by atoms with Crippen LogP contribution >= 0.6 is 0 Å². The van der Waals surface area contributed by atoms with E-state index in [0.29, 0.717) is 5.92 Å². The van der Waals surface area contributed by atoms with Crippen LogP contribution in [0.2, 0.25) is 0 Å². The zero-order valence-corrected chi connectivity index (χ0v) is 7.87. The molecule has 4 nitrogen and oxygen atoms in total. The summed E-state index contributed by atoms with van der Waals surface area (Å²) in [4.78, 5) is 0. The van der Waals surface area contributed by atoms with Crippen molar-refractivity contribution in [3.05, 3.63) is 0 Å². The second-order valence-corrected chi connectivity index (χ2v) is 3.93. The molecular weight excluding hydrogens is 170 g/mol. The van der Waals surface area contributed by atoms with Crippen LogP contribution in [0.3, 0.4) is 0 Å². The summed E-state index contributed by atoms with van der Waals surface area (Å²) in [6.07, 6.45) is 3.70. The summed E-state index contributed by atoms with van der Waals surface area (Å²) in [5.74, 6) is 0.657. The smallest absolute Gasteiger partial charge is 0.0881 e. The molecule has 0 atom stereocenters. The molecule has 0 spiro atoms. The van der Waals surface area contributed by atoms with Gasteiger partial charge in [-0.3, -0.25) is 0 Å². The summed E-state index contributed by atoms with van der Waals surface area (Å²) in [6.45, 7) is 0.0911. The molecule has 1 saturated carbocycles. The van der Waals surface area contributed by atoms with Gasteiger partial charge in [-0.2, -0.15) is 0 Å². The maximum Gasteiger partial charge on any atom is 0.0881 e. The minimum absolute atomic E-state index is 0.229. The average Bonchev–Trinajstić information content (AvgIpc) is 2.11. The Hall–Kier alpha value is -0.160. The molecule has 4 N–H and O–H groups in total. The van der Waals surface area contributed by atoms with Gasteiger partial charge in [-0.15, -0.1) is 0 Å². The standard InChI is InChI=1S/C9H19NO3/c11-5-9(6-12,7-13)10-4-8-2-1-3-8/h8,10-13H,1-7H2. The van der Waals surface area contributed by atoms with E-state index >= 15 is 0 Å². The molecule has 0 amide bonds. The van der Waals surface area contributed by atoms with Crippen molar-refractivity contribution >= 4 is 0 Å². The predicted molar refractivity (Wildman–Crippen MR) is 49.3 cm³/mol. The van der Waals surface area contributed by atoms with Crippen LogP contribution < -0.4 is 5.32 Å². The molecule has 0 aliphatic heterocycles. The summed E-state index contributed by atoms with van der Waals surface area (Å²) < 4.78 is 0. The Bertz CT molecular complexity index is 136. The van der Waals surface area contributed by atoms with Crippen LogP contribution in [0, 0.1) is 5.92 Å². The molecule has 1 rings (SSSR count). The van der Waals surface area contributed by atoms with E-state index in [0.717, 1.165) is 6.54 Å². The average molecular weight is 189 g/mol. The number of hydrogen-bond acceptors (Lipinski definition) is 4. The molecule has 13 heavy (non-hydrogen) atoms. The van der Waals surface area contributed by atoms with Crippen molar-refractivity contribution in [2.45, 2.75) is 24.8 Å². The van der Waals surface area contributed by atoms with Crippen molar-refractivity contribution in [2.75, 3.05) is 26.4 Å². The Morgan fingerprint density at radius 1 is 1.08 bits per heavy atom. The van der Waals surface area contributed by atoms with E-state index in [2.05, 4.69) is 5.32 Å². The van der Waals surface area contributed by atoms with E-state index in [1.165, 1.54) is 19.3 Å². The summed E-state index contributed by atoms with van der Waals surface area (Å²) in [5.41, 5.74) is -0.893. The fourth-order valence-electron chi connectivity index (χ4n) is 1.38. The van der Waals surface area contributed by atoms with Crippen LogP contribution in [0.4, 0.5) is 0 Å². The van der Waals surface area contributed by atoms with Gasteiger partial charge in [0.25, 0.3) is 0 Å². The van der Waals surface area contributed by atoms with Gasteiger partial charge < -0.3 is 20.6 Å². The summed E-state index contributed by atoms with van der Waals surface area (Å²) in [5, 5.41) is 30.0. The number of aliphatic hydroxyl groups excluding tert-OH is 3. The van der Waals surface area contributed by atoms with Gasteiger partial charge in [0.2, 0.25) is 0 Å². The fraction of sp³-hybridized carbons (Fsp3) is 1.00. The Morgan fingerprint density at radius 2 is 1.62 bits per heavy atom. The van der Waals surface area contributed by atoms with Gasteiger partial charge in [-0.1, -0.05) is 6.42 Å². The Kier molecular flexibility index (Phi) is 4.12. The van der Waals surface area contributed by atoms with E-state index in [9.17, 15) is 0 Å².